The van der Waals surface area contributed by atoms with Gasteiger partial charge in [-0.05, 0) is 83.7 Å². The fourth-order valence-corrected chi connectivity index (χ4v) is 3.52. The van der Waals surface area contributed by atoms with Gasteiger partial charge in [0.05, 0.1) is 76.6 Å². The molecule has 0 aliphatic heterocycles. The number of ether oxygens (including phenoxy) is 8. The molecule has 0 amide bonds. The van der Waals surface area contributed by atoms with Crippen LogP contribution in [0.25, 0.3) is 11.1 Å². The summed E-state index contributed by atoms with van der Waals surface area (Å²) in [6.45, 7) is 19.1. The van der Waals surface area contributed by atoms with E-state index in [0.717, 1.165) is 22.3 Å². The van der Waals surface area contributed by atoms with Crippen molar-refractivity contribution in [3.63, 3.8) is 0 Å². The Bertz CT molecular complexity index is 790. The second kappa shape index (κ2) is 20.9. The SMILES string of the molecule is COCC(C)OCC(C)OCC(C)O/C=C(\C)c1cccc(/C(C)=C/OC(C)COC(C)COC(C)COC)c1. The van der Waals surface area contributed by atoms with Gasteiger partial charge in [-0.3, -0.25) is 0 Å². The van der Waals surface area contributed by atoms with Gasteiger partial charge in [0.1, 0.15) is 12.2 Å². The minimum absolute atomic E-state index is 0.0225. The zero-order valence-electron chi connectivity index (χ0n) is 26.4. The van der Waals surface area contributed by atoms with Crippen molar-refractivity contribution in [1.82, 2.24) is 0 Å². The van der Waals surface area contributed by atoms with Gasteiger partial charge in [0.2, 0.25) is 0 Å². The highest BCUT2D eigenvalue weighted by Gasteiger charge is 2.11. The first-order valence-corrected chi connectivity index (χ1v) is 14.2. The molecule has 0 radical (unpaired) electrons. The highest BCUT2D eigenvalue weighted by Crippen LogP contribution is 2.21. The lowest BCUT2D eigenvalue weighted by Crippen LogP contribution is -2.26. The summed E-state index contributed by atoms with van der Waals surface area (Å²) < 4.78 is 45.2. The Morgan fingerprint density at radius 1 is 0.550 bits per heavy atom. The molecule has 0 heterocycles. The van der Waals surface area contributed by atoms with Crippen LogP contribution in [-0.4, -0.2) is 90.5 Å². The van der Waals surface area contributed by atoms with Crippen LogP contribution in [0, 0.1) is 0 Å². The van der Waals surface area contributed by atoms with E-state index < -0.39 is 0 Å². The number of hydrogen-bond donors (Lipinski definition) is 0. The van der Waals surface area contributed by atoms with Crippen molar-refractivity contribution in [3.8, 4) is 0 Å². The first-order valence-electron chi connectivity index (χ1n) is 14.2. The average Bonchev–Trinajstić information content (AvgIpc) is 2.94. The van der Waals surface area contributed by atoms with E-state index in [1.807, 2.05) is 61.5 Å². The number of rotatable bonds is 22. The van der Waals surface area contributed by atoms with Gasteiger partial charge < -0.3 is 37.9 Å². The first kappa shape index (κ1) is 36.1. The fourth-order valence-electron chi connectivity index (χ4n) is 3.52. The predicted molar refractivity (Wildman–Crippen MR) is 160 cm³/mol. The van der Waals surface area contributed by atoms with E-state index in [2.05, 4.69) is 18.2 Å². The molecule has 0 aliphatic carbocycles. The molecule has 6 atom stereocenters. The van der Waals surface area contributed by atoms with Crippen LogP contribution in [-0.2, 0) is 37.9 Å². The van der Waals surface area contributed by atoms with Gasteiger partial charge in [0.25, 0.3) is 0 Å². The third-order valence-corrected chi connectivity index (χ3v) is 5.99. The first-order chi connectivity index (χ1) is 19.0. The van der Waals surface area contributed by atoms with Crippen molar-refractivity contribution < 1.29 is 37.9 Å². The molecule has 0 N–H and O–H groups in total. The summed E-state index contributed by atoms with van der Waals surface area (Å²) in [4.78, 5) is 0. The molecule has 0 saturated heterocycles. The van der Waals surface area contributed by atoms with Crippen molar-refractivity contribution in [3.05, 3.63) is 47.9 Å². The number of allylic oxidation sites excluding steroid dienone is 2. The lowest BCUT2D eigenvalue weighted by Gasteiger charge is -2.19. The monoisotopic (exact) mass is 566 g/mol. The quantitative estimate of drug-likeness (QED) is 0.155. The zero-order chi connectivity index (χ0) is 29.9. The van der Waals surface area contributed by atoms with Crippen molar-refractivity contribution in [2.45, 2.75) is 92.0 Å². The Morgan fingerprint density at radius 2 is 0.875 bits per heavy atom. The number of benzene rings is 1. The van der Waals surface area contributed by atoms with Gasteiger partial charge in [0, 0.05) is 14.2 Å². The maximum absolute atomic E-state index is 5.92. The minimum atomic E-state index is -0.0845. The highest BCUT2D eigenvalue weighted by atomic mass is 16.6. The molecule has 0 bridgehead atoms. The van der Waals surface area contributed by atoms with Crippen molar-refractivity contribution >= 4 is 11.1 Å². The second-order valence-electron chi connectivity index (χ2n) is 10.6. The predicted octanol–water partition coefficient (Wildman–Crippen LogP) is 6.13. The summed E-state index contributed by atoms with van der Waals surface area (Å²) in [5, 5.41) is 0. The smallest absolute Gasteiger partial charge is 0.118 e. The summed E-state index contributed by atoms with van der Waals surface area (Å²) in [6, 6.07) is 8.31. The van der Waals surface area contributed by atoms with Gasteiger partial charge in [-0.1, -0.05) is 18.2 Å². The molecule has 230 valence electrons. The molecule has 0 aliphatic rings. The molecule has 0 aromatic heterocycles. The molecule has 1 aromatic carbocycles. The standard InChI is InChI=1S/C32H54O8/c1-23(15-35-27(5)19-39-29(7)21-37-25(3)17-33-9)31-12-11-13-32(14-31)24(2)16-36-28(6)20-40-30(8)22-38-26(4)18-34-10/h11-16,25-30H,17-22H2,1-10H3/b23-15+,24-16+. The van der Waals surface area contributed by atoms with E-state index >= 15 is 0 Å². The van der Waals surface area contributed by atoms with Crippen LogP contribution in [0.1, 0.15) is 66.5 Å². The van der Waals surface area contributed by atoms with E-state index in [9.17, 15) is 0 Å². The number of hydrogen-bond acceptors (Lipinski definition) is 8. The zero-order valence-corrected chi connectivity index (χ0v) is 26.4. The molecule has 40 heavy (non-hydrogen) atoms. The van der Waals surface area contributed by atoms with Crippen LogP contribution in [0.5, 0.6) is 0 Å². The van der Waals surface area contributed by atoms with Gasteiger partial charge >= 0.3 is 0 Å². The summed E-state index contributed by atoms with van der Waals surface area (Å²) in [5.41, 5.74) is 4.23. The van der Waals surface area contributed by atoms with Gasteiger partial charge in [-0.15, -0.1) is 0 Å². The Labute approximate surface area is 242 Å². The molecule has 1 aromatic rings. The molecule has 0 fully saturated rings. The Hall–Kier alpha value is -1.94. The molecule has 0 spiro atoms. The van der Waals surface area contributed by atoms with Crippen molar-refractivity contribution in [2.24, 2.45) is 0 Å². The largest absolute Gasteiger partial charge is 0.496 e. The topological polar surface area (TPSA) is 73.8 Å². The lowest BCUT2D eigenvalue weighted by molar-refractivity contribution is -0.0671. The normalized spacial score (nSPS) is 17.1. The fraction of sp³-hybridized carbons (Fsp3) is 0.688. The summed E-state index contributed by atoms with van der Waals surface area (Å²) >= 11 is 0. The molecular formula is C32H54O8. The molecule has 1 rings (SSSR count). The third kappa shape index (κ3) is 16.4. The lowest BCUT2D eigenvalue weighted by atomic mass is 10.0. The van der Waals surface area contributed by atoms with E-state index in [1.165, 1.54) is 0 Å². The maximum Gasteiger partial charge on any atom is 0.118 e. The van der Waals surface area contributed by atoms with Crippen LogP contribution in [0.2, 0.25) is 0 Å². The molecule has 6 unspecified atom stereocenters. The van der Waals surface area contributed by atoms with E-state index in [1.54, 1.807) is 26.7 Å². The number of methoxy groups -OCH3 is 2. The van der Waals surface area contributed by atoms with E-state index in [-0.39, 0.29) is 36.6 Å². The molecule has 0 saturated carbocycles. The molecule has 8 heteroatoms. The van der Waals surface area contributed by atoms with Crippen LogP contribution >= 0.6 is 0 Å². The second-order valence-corrected chi connectivity index (χ2v) is 10.6. The highest BCUT2D eigenvalue weighted by molar-refractivity contribution is 5.70. The Balaban J connectivity index is 2.50. The minimum Gasteiger partial charge on any atom is -0.496 e. The summed E-state index contributed by atoms with van der Waals surface area (Å²) in [7, 11) is 3.34. The van der Waals surface area contributed by atoms with E-state index in [0.29, 0.717) is 39.6 Å². The third-order valence-electron chi connectivity index (χ3n) is 5.99. The van der Waals surface area contributed by atoms with Crippen molar-refractivity contribution in [2.75, 3.05) is 53.9 Å². The van der Waals surface area contributed by atoms with Crippen LogP contribution in [0.4, 0.5) is 0 Å². The molecule has 8 nitrogen and oxygen atoms in total. The van der Waals surface area contributed by atoms with Gasteiger partial charge in [-0.2, -0.15) is 0 Å². The van der Waals surface area contributed by atoms with E-state index in [4.69, 9.17) is 37.9 Å². The molecular weight excluding hydrogens is 512 g/mol. The van der Waals surface area contributed by atoms with Crippen LogP contribution in [0.3, 0.4) is 0 Å². The van der Waals surface area contributed by atoms with Gasteiger partial charge in [-0.25, -0.2) is 0 Å². The maximum atomic E-state index is 5.92. The van der Waals surface area contributed by atoms with Crippen molar-refractivity contribution in [1.29, 1.82) is 0 Å². The Morgan fingerprint density at radius 3 is 1.23 bits per heavy atom. The summed E-state index contributed by atoms with van der Waals surface area (Å²) in [5.74, 6) is 0. The van der Waals surface area contributed by atoms with Crippen LogP contribution < -0.4 is 0 Å². The van der Waals surface area contributed by atoms with Crippen LogP contribution in [0.15, 0.2) is 36.8 Å². The summed E-state index contributed by atoms with van der Waals surface area (Å²) in [6.07, 6.45) is 3.47. The average molecular weight is 567 g/mol. The Kier molecular flexibility index (Phi) is 18.8. The van der Waals surface area contributed by atoms with Gasteiger partial charge in [0.15, 0.2) is 0 Å².